The number of benzene rings is 4. The van der Waals surface area contributed by atoms with Crippen molar-refractivity contribution in [3.05, 3.63) is 131 Å². The van der Waals surface area contributed by atoms with Crippen molar-refractivity contribution in [3.63, 3.8) is 0 Å². The van der Waals surface area contributed by atoms with Gasteiger partial charge in [-0.15, -0.1) is 11.3 Å². The van der Waals surface area contributed by atoms with E-state index in [2.05, 4.69) is 0 Å². The average Bonchev–Trinajstić information content (AvgIpc) is 2.88. The Hall–Kier alpha value is -3.60. The van der Waals surface area contributed by atoms with Gasteiger partial charge < -0.3 is 4.74 Å². The molecule has 34 heavy (non-hydrogen) atoms. The largest absolute Gasteiger partial charge is 0.363 e. The SMILES string of the molecule is CC(C)OC(C(=O)c1ccccc1)c1ccccc1.O=c1c2ccccc2sc2ccccc12. The Balaban J connectivity index is 0.000000165. The highest BCUT2D eigenvalue weighted by Gasteiger charge is 2.23. The van der Waals surface area contributed by atoms with E-state index in [4.69, 9.17) is 4.74 Å². The third kappa shape index (κ3) is 5.48. The summed E-state index contributed by atoms with van der Waals surface area (Å²) in [6, 6.07) is 34.4. The second-order valence-electron chi connectivity index (χ2n) is 8.13. The van der Waals surface area contributed by atoms with E-state index >= 15 is 0 Å². The third-order valence-corrected chi connectivity index (χ3v) is 6.44. The molecule has 0 bridgehead atoms. The molecule has 0 aliphatic rings. The van der Waals surface area contributed by atoms with Crippen LogP contribution in [0.1, 0.15) is 35.9 Å². The first-order valence-corrected chi connectivity index (χ1v) is 12.1. The average molecular weight is 467 g/mol. The van der Waals surface area contributed by atoms with E-state index in [1.165, 1.54) is 0 Å². The summed E-state index contributed by atoms with van der Waals surface area (Å²) in [4.78, 5) is 24.7. The first kappa shape index (κ1) is 23.6. The highest BCUT2D eigenvalue weighted by atomic mass is 32.1. The number of carbonyl (C=O) groups is 1. The monoisotopic (exact) mass is 466 g/mol. The van der Waals surface area contributed by atoms with E-state index < -0.39 is 6.10 Å². The van der Waals surface area contributed by atoms with Gasteiger partial charge in [-0.3, -0.25) is 9.59 Å². The van der Waals surface area contributed by atoms with Crippen molar-refractivity contribution in [2.24, 2.45) is 0 Å². The lowest BCUT2D eigenvalue weighted by Crippen LogP contribution is -2.19. The Kier molecular flexibility index (Phi) is 7.63. The van der Waals surface area contributed by atoms with E-state index in [0.29, 0.717) is 5.56 Å². The number of carbonyl (C=O) groups excluding carboxylic acids is 1. The predicted molar refractivity (Wildman–Crippen MR) is 142 cm³/mol. The summed E-state index contributed by atoms with van der Waals surface area (Å²) in [5.41, 5.74) is 1.71. The number of fused-ring (bicyclic) bond motifs is 2. The Morgan fingerprint density at radius 2 is 1.15 bits per heavy atom. The zero-order valence-electron chi connectivity index (χ0n) is 19.2. The van der Waals surface area contributed by atoms with Gasteiger partial charge in [0.2, 0.25) is 0 Å². The minimum Gasteiger partial charge on any atom is -0.363 e. The van der Waals surface area contributed by atoms with Crippen LogP contribution in [0.25, 0.3) is 20.2 Å². The van der Waals surface area contributed by atoms with Crippen molar-refractivity contribution >= 4 is 37.3 Å². The van der Waals surface area contributed by atoms with Gasteiger partial charge in [0, 0.05) is 25.7 Å². The topological polar surface area (TPSA) is 43.4 Å². The van der Waals surface area contributed by atoms with Gasteiger partial charge in [-0.05, 0) is 43.7 Å². The zero-order chi connectivity index (χ0) is 23.9. The summed E-state index contributed by atoms with van der Waals surface area (Å²) in [6.07, 6.45) is -0.540. The molecule has 0 aliphatic carbocycles. The predicted octanol–water partition coefficient (Wildman–Crippen LogP) is 7.45. The van der Waals surface area contributed by atoms with Crippen LogP contribution in [0, 0.1) is 0 Å². The van der Waals surface area contributed by atoms with Gasteiger partial charge in [0.25, 0.3) is 0 Å². The molecule has 170 valence electrons. The smallest absolute Gasteiger partial charge is 0.196 e. The van der Waals surface area contributed by atoms with E-state index in [1.54, 1.807) is 11.3 Å². The van der Waals surface area contributed by atoms with Gasteiger partial charge in [-0.1, -0.05) is 84.9 Å². The molecule has 0 spiro atoms. The molecule has 0 fully saturated rings. The number of Topliss-reactive ketones (excluding diaryl/α,β-unsaturated/α-hetero) is 1. The molecule has 1 unspecified atom stereocenters. The summed E-state index contributed by atoms with van der Waals surface area (Å²) in [5.74, 6) is 0.000463. The molecular formula is C30H26O3S. The molecule has 5 aromatic rings. The first-order valence-electron chi connectivity index (χ1n) is 11.2. The number of hydrogen-bond acceptors (Lipinski definition) is 4. The lowest BCUT2D eigenvalue weighted by atomic mass is 9.99. The van der Waals surface area contributed by atoms with Gasteiger partial charge in [0.1, 0.15) is 6.10 Å². The molecular weight excluding hydrogens is 440 g/mol. The molecule has 0 aliphatic heterocycles. The van der Waals surface area contributed by atoms with E-state index in [1.807, 2.05) is 123 Å². The maximum atomic E-state index is 12.6. The molecule has 1 aromatic heterocycles. The lowest BCUT2D eigenvalue weighted by molar-refractivity contribution is 0.0114. The van der Waals surface area contributed by atoms with Crippen LogP contribution in [0.4, 0.5) is 0 Å². The second-order valence-corrected chi connectivity index (χ2v) is 9.21. The van der Waals surface area contributed by atoms with E-state index in [-0.39, 0.29) is 17.3 Å². The summed E-state index contributed by atoms with van der Waals surface area (Å²) in [5, 5.41) is 1.64. The molecule has 3 nitrogen and oxygen atoms in total. The molecule has 0 radical (unpaired) electrons. The van der Waals surface area contributed by atoms with Crippen LogP contribution in [0.5, 0.6) is 0 Å². The summed E-state index contributed by atoms with van der Waals surface area (Å²) in [7, 11) is 0. The Bertz CT molecular complexity index is 1380. The Labute approximate surface area is 203 Å². The fourth-order valence-corrected chi connectivity index (χ4v) is 4.77. The minimum absolute atomic E-state index is 0.000463. The number of rotatable bonds is 5. The Morgan fingerprint density at radius 1 is 0.676 bits per heavy atom. The summed E-state index contributed by atoms with van der Waals surface area (Å²) in [6.45, 7) is 3.88. The van der Waals surface area contributed by atoms with Gasteiger partial charge in [0.15, 0.2) is 11.2 Å². The van der Waals surface area contributed by atoms with Crippen molar-refractivity contribution in [1.29, 1.82) is 0 Å². The number of ketones is 1. The van der Waals surface area contributed by atoms with E-state index in [0.717, 1.165) is 25.7 Å². The molecule has 0 N–H and O–H groups in total. The van der Waals surface area contributed by atoms with Crippen LogP contribution in [-0.4, -0.2) is 11.9 Å². The van der Waals surface area contributed by atoms with Gasteiger partial charge >= 0.3 is 0 Å². The van der Waals surface area contributed by atoms with E-state index in [9.17, 15) is 9.59 Å². The zero-order valence-corrected chi connectivity index (χ0v) is 20.0. The van der Waals surface area contributed by atoms with Crippen molar-refractivity contribution in [1.82, 2.24) is 0 Å². The number of ether oxygens (including phenoxy) is 1. The second kappa shape index (κ2) is 11.0. The molecule has 0 saturated carbocycles. The van der Waals surface area contributed by atoms with Crippen LogP contribution in [-0.2, 0) is 4.74 Å². The Morgan fingerprint density at radius 3 is 1.68 bits per heavy atom. The maximum Gasteiger partial charge on any atom is 0.196 e. The molecule has 1 heterocycles. The quantitative estimate of drug-likeness (QED) is 0.200. The molecule has 4 aromatic carbocycles. The van der Waals surface area contributed by atoms with Crippen molar-refractivity contribution < 1.29 is 9.53 Å². The standard InChI is InChI=1S/C17H18O2.C13H8OS/c1-13(2)19-17(15-11-7-4-8-12-15)16(18)14-9-5-3-6-10-14;14-13-9-5-1-3-7-11(9)15-12-8-4-2-6-10(12)13/h3-13,17H,1-2H3;1-8H. The normalized spacial score (nSPS) is 11.7. The third-order valence-electron chi connectivity index (χ3n) is 5.29. The molecule has 1 atom stereocenters. The van der Waals surface area contributed by atoms with Crippen molar-refractivity contribution in [2.45, 2.75) is 26.1 Å². The summed E-state index contributed by atoms with van der Waals surface area (Å²) < 4.78 is 7.92. The van der Waals surface area contributed by atoms with Gasteiger partial charge in [-0.2, -0.15) is 0 Å². The minimum atomic E-state index is -0.538. The lowest BCUT2D eigenvalue weighted by Gasteiger charge is -2.19. The molecule has 0 amide bonds. The molecule has 0 saturated heterocycles. The first-order chi connectivity index (χ1) is 16.5. The molecule has 5 rings (SSSR count). The highest BCUT2D eigenvalue weighted by Crippen LogP contribution is 2.25. The van der Waals surface area contributed by atoms with Crippen LogP contribution in [0.2, 0.25) is 0 Å². The highest BCUT2D eigenvalue weighted by molar-refractivity contribution is 7.24. The van der Waals surface area contributed by atoms with Crippen molar-refractivity contribution in [2.75, 3.05) is 0 Å². The van der Waals surface area contributed by atoms with Crippen LogP contribution in [0.3, 0.4) is 0 Å². The van der Waals surface area contributed by atoms with Crippen LogP contribution >= 0.6 is 11.3 Å². The maximum absolute atomic E-state index is 12.6. The van der Waals surface area contributed by atoms with Crippen LogP contribution < -0.4 is 5.43 Å². The van der Waals surface area contributed by atoms with Gasteiger partial charge in [-0.25, -0.2) is 0 Å². The van der Waals surface area contributed by atoms with Crippen molar-refractivity contribution in [3.8, 4) is 0 Å². The summed E-state index contributed by atoms with van der Waals surface area (Å²) >= 11 is 1.67. The van der Waals surface area contributed by atoms with Crippen LogP contribution in [0.15, 0.2) is 114 Å². The number of hydrogen-bond donors (Lipinski definition) is 0. The molecule has 4 heteroatoms. The van der Waals surface area contributed by atoms with Gasteiger partial charge in [0.05, 0.1) is 6.10 Å². The fraction of sp³-hybridized carbons (Fsp3) is 0.133. The fourth-order valence-electron chi connectivity index (χ4n) is 3.70.